The van der Waals surface area contributed by atoms with E-state index in [1.54, 1.807) is 18.7 Å². The molecule has 0 spiro atoms. The first-order chi connectivity index (χ1) is 8.33. The van der Waals surface area contributed by atoms with Gasteiger partial charge in [0, 0.05) is 13.1 Å². The van der Waals surface area contributed by atoms with Gasteiger partial charge in [0.05, 0.1) is 12.0 Å². The van der Waals surface area contributed by atoms with Crippen molar-refractivity contribution in [1.82, 2.24) is 9.80 Å². The number of carbonyl (C=O) groups excluding carboxylic acids is 2. The van der Waals surface area contributed by atoms with Crippen molar-refractivity contribution in [3.8, 4) is 0 Å². The van der Waals surface area contributed by atoms with Crippen LogP contribution in [0.5, 0.6) is 0 Å². The summed E-state index contributed by atoms with van der Waals surface area (Å²) in [6.45, 7) is 3.86. The summed E-state index contributed by atoms with van der Waals surface area (Å²) < 4.78 is 0. The van der Waals surface area contributed by atoms with E-state index < -0.39 is 11.4 Å². The summed E-state index contributed by atoms with van der Waals surface area (Å²) in [6.07, 6.45) is 1.53. The van der Waals surface area contributed by atoms with E-state index in [4.69, 9.17) is 5.11 Å². The van der Waals surface area contributed by atoms with E-state index in [0.29, 0.717) is 13.0 Å². The van der Waals surface area contributed by atoms with Crippen LogP contribution >= 0.6 is 0 Å². The summed E-state index contributed by atoms with van der Waals surface area (Å²) in [7, 11) is 0. The smallest absolute Gasteiger partial charge is 0.310 e. The Labute approximate surface area is 106 Å². The van der Waals surface area contributed by atoms with Crippen molar-refractivity contribution in [2.24, 2.45) is 5.41 Å². The van der Waals surface area contributed by atoms with Crippen molar-refractivity contribution in [3.05, 3.63) is 0 Å². The van der Waals surface area contributed by atoms with Crippen LogP contribution in [-0.4, -0.2) is 58.4 Å². The first-order valence-corrected chi connectivity index (χ1v) is 6.14. The molecule has 0 saturated carbocycles. The molecule has 6 nitrogen and oxygen atoms in total. The van der Waals surface area contributed by atoms with Crippen molar-refractivity contribution < 1.29 is 19.5 Å². The van der Waals surface area contributed by atoms with E-state index in [0.717, 1.165) is 6.42 Å². The molecule has 0 aromatic carbocycles. The highest BCUT2D eigenvalue weighted by Crippen LogP contribution is 2.26. The van der Waals surface area contributed by atoms with E-state index in [-0.39, 0.29) is 30.9 Å². The van der Waals surface area contributed by atoms with Crippen LogP contribution in [0.2, 0.25) is 0 Å². The lowest BCUT2D eigenvalue weighted by Gasteiger charge is -2.38. The van der Waals surface area contributed by atoms with E-state index in [1.807, 2.05) is 0 Å². The van der Waals surface area contributed by atoms with Gasteiger partial charge in [0.25, 0.3) is 0 Å². The molecule has 18 heavy (non-hydrogen) atoms. The summed E-state index contributed by atoms with van der Waals surface area (Å²) >= 11 is 0. The molecular weight excluding hydrogens is 236 g/mol. The summed E-state index contributed by atoms with van der Waals surface area (Å²) in [5.74, 6) is -1.14. The van der Waals surface area contributed by atoms with Crippen molar-refractivity contribution in [3.63, 3.8) is 0 Å². The molecule has 6 heteroatoms. The highest BCUT2D eigenvalue weighted by atomic mass is 16.4. The van der Waals surface area contributed by atoms with Crippen LogP contribution < -0.4 is 0 Å². The summed E-state index contributed by atoms with van der Waals surface area (Å²) in [4.78, 5) is 38.2. The molecule has 2 fully saturated rings. The van der Waals surface area contributed by atoms with Gasteiger partial charge in [-0.2, -0.15) is 0 Å². The van der Waals surface area contributed by atoms with Gasteiger partial charge in [0.1, 0.15) is 6.04 Å². The van der Waals surface area contributed by atoms with Gasteiger partial charge in [0.15, 0.2) is 0 Å². The van der Waals surface area contributed by atoms with Gasteiger partial charge in [-0.25, -0.2) is 0 Å². The Balaban J connectivity index is 2.13. The predicted molar refractivity (Wildman–Crippen MR) is 62.7 cm³/mol. The van der Waals surface area contributed by atoms with Crippen LogP contribution in [0.15, 0.2) is 0 Å². The zero-order chi connectivity index (χ0) is 13.5. The Bertz CT molecular complexity index is 405. The summed E-state index contributed by atoms with van der Waals surface area (Å²) in [6, 6.07) is -0.365. The van der Waals surface area contributed by atoms with Gasteiger partial charge in [-0.05, 0) is 26.7 Å². The van der Waals surface area contributed by atoms with Crippen molar-refractivity contribution in [1.29, 1.82) is 0 Å². The molecule has 1 atom stereocenters. The van der Waals surface area contributed by atoms with Gasteiger partial charge < -0.3 is 14.9 Å². The van der Waals surface area contributed by atoms with E-state index in [1.165, 1.54) is 4.90 Å². The van der Waals surface area contributed by atoms with Crippen molar-refractivity contribution in [2.75, 3.05) is 19.6 Å². The van der Waals surface area contributed by atoms with Crippen LogP contribution in [0.25, 0.3) is 0 Å². The van der Waals surface area contributed by atoms with Gasteiger partial charge in [-0.1, -0.05) is 0 Å². The Morgan fingerprint density at radius 3 is 2.72 bits per heavy atom. The highest BCUT2D eigenvalue weighted by Gasteiger charge is 2.44. The topological polar surface area (TPSA) is 77.9 Å². The SMILES string of the molecule is CC(C)(CN1CC(=O)N2CCCC2C1=O)C(=O)O. The monoisotopic (exact) mass is 254 g/mol. The molecule has 100 valence electrons. The van der Waals surface area contributed by atoms with Gasteiger partial charge >= 0.3 is 5.97 Å². The van der Waals surface area contributed by atoms with Gasteiger partial charge in [-0.3, -0.25) is 14.4 Å². The second kappa shape index (κ2) is 4.26. The molecule has 1 N–H and O–H groups in total. The normalized spacial score (nSPS) is 24.4. The van der Waals surface area contributed by atoms with Gasteiger partial charge in [0.2, 0.25) is 11.8 Å². The lowest BCUT2D eigenvalue weighted by molar-refractivity contribution is -0.158. The number of nitrogens with zero attached hydrogens (tertiary/aromatic N) is 2. The predicted octanol–water partition coefficient (Wildman–Crippen LogP) is -0.0696. The second-order valence-electron chi connectivity index (χ2n) is 5.63. The number of fused-ring (bicyclic) bond motifs is 1. The Morgan fingerprint density at radius 2 is 2.11 bits per heavy atom. The molecule has 0 aliphatic carbocycles. The van der Waals surface area contributed by atoms with E-state index in [2.05, 4.69) is 0 Å². The molecule has 2 saturated heterocycles. The third-order valence-electron chi connectivity index (χ3n) is 3.66. The highest BCUT2D eigenvalue weighted by molar-refractivity contribution is 5.95. The molecule has 1 unspecified atom stereocenters. The number of carboxylic acids is 1. The minimum Gasteiger partial charge on any atom is -0.481 e. The maximum Gasteiger partial charge on any atom is 0.310 e. The number of carboxylic acid groups (broad SMARTS) is 1. The zero-order valence-corrected chi connectivity index (χ0v) is 10.7. The number of rotatable bonds is 3. The molecular formula is C12H18N2O4. The number of carbonyl (C=O) groups is 3. The maximum atomic E-state index is 12.2. The quantitative estimate of drug-likeness (QED) is 0.764. The standard InChI is InChI=1S/C12H18N2O4/c1-12(2,11(17)18)7-13-6-9(15)14-5-3-4-8(14)10(13)16/h8H,3-7H2,1-2H3,(H,17,18). The van der Waals surface area contributed by atoms with Crippen molar-refractivity contribution in [2.45, 2.75) is 32.7 Å². The molecule has 2 heterocycles. The van der Waals surface area contributed by atoms with Crippen LogP contribution in [0.1, 0.15) is 26.7 Å². The Kier molecular flexibility index (Phi) is 3.04. The number of amides is 2. The van der Waals surface area contributed by atoms with Gasteiger partial charge in [-0.15, -0.1) is 0 Å². The minimum absolute atomic E-state index is 0.00600. The van der Waals surface area contributed by atoms with Crippen LogP contribution in [0.3, 0.4) is 0 Å². The zero-order valence-electron chi connectivity index (χ0n) is 10.7. The molecule has 0 aromatic heterocycles. The average Bonchev–Trinajstić information content (AvgIpc) is 2.74. The molecule has 0 radical (unpaired) electrons. The van der Waals surface area contributed by atoms with Crippen LogP contribution in [0, 0.1) is 5.41 Å². The number of hydrogen-bond donors (Lipinski definition) is 1. The molecule has 2 amide bonds. The number of piperazine rings is 1. The molecule has 0 bridgehead atoms. The molecule has 2 rings (SSSR count). The fourth-order valence-electron chi connectivity index (χ4n) is 2.54. The Morgan fingerprint density at radius 1 is 1.44 bits per heavy atom. The minimum atomic E-state index is -1.03. The molecule has 2 aliphatic heterocycles. The fourth-order valence-corrected chi connectivity index (χ4v) is 2.54. The van der Waals surface area contributed by atoms with Crippen LogP contribution in [0.4, 0.5) is 0 Å². The Hall–Kier alpha value is -1.59. The first-order valence-electron chi connectivity index (χ1n) is 6.14. The summed E-state index contributed by atoms with van der Waals surface area (Å²) in [5, 5.41) is 9.08. The molecule has 0 aromatic rings. The summed E-state index contributed by atoms with van der Waals surface area (Å²) in [5.41, 5.74) is -1.03. The fraction of sp³-hybridized carbons (Fsp3) is 0.750. The first kappa shape index (κ1) is 12.9. The van der Waals surface area contributed by atoms with Crippen LogP contribution in [-0.2, 0) is 14.4 Å². The second-order valence-corrected chi connectivity index (χ2v) is 5.63. The third-order valence-corrected chi connectivity index (χ3v) is 3.66. The lowest BCUT2D eigenvalue weighted by Crippen LogP contribution is -2.59. The average molecular weight is 254 g/mol. The lowest BCUT2D eigenvalue weighted by atomic mass is 9.92. The number of hydrogen-bond acceptors (Lipinski definition) is 3. The molecule has 2 aliphatic rings. The third kappa shape index (κ3) is 2.07. The van der Waals surface area contributed by atoms with E-state index >= 15 is 0 Å². The number of aliphatic carboxylic acids is 1. The van der Waals surface area contributed by atoms with Crippen molar-refractivity contribution >= 4 is 17.8 Å². The maximum absolute atomic E-state index is 12.2. The largest absolute Gasteiger partial charge is 0.481 e. The van der Waals surface area contributed by atoms with E-state index in [9.17, 15) is 14.4 Å².